The summed E-state index contributed by atoms with van der Waals surface area (Å²) in [6.07, 6.45) is 1.95. The van der Waals surface area contributed by atoms with E-state index < -0.39 is 0 Å². The molecular formula is C5H8F. The Morgan fingerprint density at radius 1 is 1.50 bits per heavy atom. The predicted octanol–water partition coefficient (Wildman–Crippen LogP) is 2.08. The first-order valence-corrected chi connectivity index (χ1v) is 1.84. The molecule has 0 fully saturated rings. The number of allylic oxidation sites excluding steroid dienone is 1. The summed E-state index contributed by atoms with van der Waals surface area (Å²) in [5.41, 5.74) is 0. The second-order valence-corrected chi connectivity index (χ2v) is 1.37. The molecule has 0 saturated heterocycles. The van der Waals surface area contributed by atoms with Crippen LogP contribution in [0.4, 0.5) is 4.39 Å². The zero-order valence-corrected chi connectivity index (χ0v) is 4.03. The largest absolute Gasteiger partial charge is 0.216 e. The van der Waals surface area contributed by atoms with Crippen LogP contribution in [0.2, 0.25) is 0 Å². The Labute approximate surface area is 37.7 Å². The van der Waals surface area contributed by atoms with E-state index in [0.29, 0.717) is 6.33 Å². The van der Waals surface area contributed by atoms with Crippen molar-refractivity contribution < 1.29 is 4.39 Å². The molecule has 0 aromatic rings. The lowest BCUT2D eigenvalue weighted by Crippen LogP contribution is -1.69. The maximum absolute atomic E-state index is 11.0. The molecule has 0 N–H and O–H groups in total. The maximum Gasteiger partial charge on any atom is 0.0832 e. The molecule has 0 bridgehead atoms. The van der Waals surface area contributed by atoms with Gasteiger partial charge in [-0.2, -0.15) is 0 Å². The summed E-state index contributed by atoms with van der Waals surface area (Å²) in [4.78, 5) is 0. The molecule has 35 valence electrons. The minimum atomic E-state index is 0.537. The molecule has 0 aliphatic rings. The van der Waals surface area contributed by atoms with Gasteiger partial charge in [0.1, 0.15) is 0 Å². The molecule has 0 rings (SSSR count). The summed E-state index contributed by atoms with van der Waals surface area (Å²) >= 11 is 0. The molecule has 1 heteroatoms. The first-order chi connectivity index (χ1) is 2.77. The summed E-state index contributed by atoms with van der Waals surface area (Å²) in [7, 11) is 0. The topological polar surface area (TPSA) is 0 Å². The van der Waals surface area contributed by atoms with Crippen LogP contribution in [0.3, 0.4) is 0 Å². The van der Waals surface area contributed by atoms with Crippen LogP contribution in [0.1, 0.15) is 13.8 Å². The number of rotatable bonds is 1. The molecule has 0 saturated carbocycles. The lowest BCUT2D eigenvalue weighted by atomic mass is 10.2. The van der Waals surface area contributed by atoms with Crippen molar-refractivity contribution in [2.75, 3.05) is 0 Å². The van der Waals surface area contributed by atoms with Gasteiger partial charge in [0, 0.05) is 0 Å². The maximum atomic E-state index is 11.0. The highest BCUT2D eigenvalue weighted by Gasteiger charge is 1.79. The third kappa shape index (κ3) is 3.67. The average molecular weight is 87.1 g/mol. The van der Waals surface area contributed by atoms with E-state index in [0.717, 1.165) is 5.92 Å². The minimum Gasteiger partial charge on any atom is -0.216 e. The Morgan fingerprint density at radius 3 is 2.00 bits per heavy atom. The van der Waals surface area contributed by atoms with Gasteiger partial charge in [-0.1, -0.05) is 13.8 Å². The van der Waals surface area contributed by atoms with Gasteiger partial charge in [-0.25, -0.2) is 4.39 Å². The Morgan fingerprint density at radius 2 is 2.00 bits per heavy atom. The fourth-order valence-electron chi connectivity index (χ4n) is 0.126. The van der Waals surface area contributed by atoms with E-state index in [2.05, 4.69) is 0 Å². The number of halogens is 1. The summed E-state index contributed by atoms with van der Waals surface area (Å²) in [6, 6.07) is 0. The van der Waals surface area contributed by atoms with Gasteiger partial charge in [-0.15, -0.1) is 0 Å². The number of hydrogen-bond acceptors (Lipinski definition) is 0. The minimum absolute atomic E-state index is 0.537. The van der Waals surface area contributed by atoms with Gasteiger partial charge >= 0.3 is 0 Å². The highest BCUT2D eigenvalue weighted by molar-refractivity contribution is 4.99. The third-order valence-electron chi connectivity index (χ3n) is 0.396. The van der Waals surface area contributed by atoms with Crippen molar-refractivity contribution in [2.45, 2.75) is 13.8 Å². The molecular weight excluding hydrogens is 79.1 g/mol. The first-order valence-electron chi connectivity index (χ1n) is 1.84. The lowest BCUT2D eigenvalue weighted by molar-refractivity contribution is 0.717. The Kier molecular flexibility index (Phi) is 2.73. The average Bonchev–Trinajstić information content (AvgIpc) is 1.35. The van der Waals surface area contributed by atoms with E-state index in [1.54, 1.807) is 0 Å². The second-order valence-electron chi connectivity index (χ2n) is 1.37. The lowest BCUT2D eigenvalue weighted by Gasteiger charge is -1.84. The molecule has 0 atom stereocenters. The van der Waals surface area contributed by atoms with Crippen molar-refractivity contribution >= 4 is 0 Å². The van der Waals surface area contributed by atoms with Crippen molar-refractivity contribution in [3.05, 3.63) is 18.3 Å². The molecule has 0 aromatic heterocycles. The Hall–Kier alpha value is -0.330. The van der Waals surface area contributed by atoms with Crippen molar-refractivity contribution in [1.29, 1.82) is 0 Å². The molecule has 0 spiro atoms. The molecule has 0 unspecified atom stereocenters. The van der Waals surface area contributed by atoms with Gasteiger partial charge in [-0.3, -0.25) is 0 Å². The van der Waals surface area contributed by atoms with Gasteiger partial charge in [-0.05, 0) is 12.0 Å². The highest BCUT2D eigenvalue weighted by Crippen LogP contribution is 1.94. The van der Waals surface area contributed by atoms with Crippen LogP contribution in [0.25, 0.3) is 0 Å². The molecule has 0 aliphatic carbocycles. The predicted molar refractivity (Wildman–Crippen MR) is 24.8 cm³/mol. The molecule has 0 amide bonds. The van der Waals surface area contributed by atoms with Crippen molar-refractivity contribution in [1.82, 2.24) is 0 Å². The van der Waals surface area contributed by atoms with Gasteiger partial charge < -0.3 is 0 Å². The monoisotopic (exact) mass is 87.1 g/mol. The molecule has 0 heterocycles. The van der Waals surface area contributed by atoms with Crippen molar-refractivity contribution in [3.63, 3.8) is 0 Å². The van der Waals surface area contributed by atoms with Gasteiger partial charge in [0.05, 0.1) is 6.33 Å². The van der Waals surface area contributed by atoms with Gasteiger partial charge in [0.15, 0.2) is 0 Å². The van der Waals surface area contributed by atoms with E-state index in [1.807, 2.05) is 13.8 Å². The smallest absolute Gasteiger partial charge is 0.0832 e. The van der Waals surface area contributed by atoms with E-state index in [9.17, 15) is 4.39 Å². The SMILES string of the molecule is C[C](C)C=CF. The zero-order chi connectivity index (χ0) is 4.99. The van der Waals surface area contributed by atoms with Crippen LogP contribution in [0.5, 0.6) is 0 Å². The van der Waals surface area contributed by atoms with Crippen LogP contribution in [-0.4, -0.2) is 0 Å². The number of hydrogen-bond donors (Lipinski definition) is 0. The van der Waals surface area contributed by atoms with Crippen LogP contribution >= 0.6 is 0 Å². The molecule has 0 aromatic carbocycles. The highest BCUT2D eigenvalue weighted by atomic mass is 19.1. The van der Waals surface area contributed by atoms with Crippen LogP contribution in [0.15, 0.2) is 12.4 Å². The fraction of sp³-hybridized carbons (Fsp3) is 0.400. The van der Waals surface area contributed by atoms with Crippen LogP contribution in [-0.2, 0) is 0 Å². The van der Waals surface area contributed by atoms with E-state index in [-0.39, 0.29) is 0 Å². The van der Waals surface area contributed by atoms with Gasteiger partial charge in [0.2, 0.25) is 0 Å². The molecule has 1 radical (unpaired) electrons. The summed E-state index contributed by atoms with van der Waals surface area (Å²) in [6.45, 7) is 3.69. The Bertz CT molecular complexity index is 45.9. The third-order valence-corrected chi connectivity index (χ3v) is 0.396. The normalized spacial score (nSPS) is 11.3. The molecule has 6 heavy (non-hydrogen) atoms. The summed E-state index contributed by atoms with van der Waals surface area (Å²) in [5.74, 6) is 0.984. The first kappa shape index (κ1) is 5.67. The quantitative estimate of drug-likeness (QED) is 0.459. The van der Waals surface area contributed by atoms with Crippen LogP contribution in [0, 0.1) is 5.92 Å². The fourth-order valence-corrected chi connectivity index (χ4v) is 0.126. The van der Waals surface area contributed by atoms with Crippen molar-refractivity contribution in [3.8, 4) is 0 Å². The van der Waals surface area contributed by atoms with Crippen molar-refractivity contribution in [2.24, 2.45) is 0 Å². The summed E-state index contributed by atoms with van der Waals surface area (Å²) in [5, 5.41) is 0. The van der Waals surface area contributed by atoms with E-state index >= 15 is 0 Å². The van der Waals surface area contributed by atoms with E-state index in [1.165, 1.54) is 6.08 Å². The Balaban J connectivity index is 3.03. The second kappa shape index (κ2) is 2.88. The van der Waals surface area contributed by atoms with Gasteiger partial charge in [0.25, 0.3) is 0 Å². The van der Waals surface area contributed by atoms with Crippen LogP contribution < -0.4 is 0 Å². The zero-order valence-electron chi connectivity index (χ0n) is 4.03. The van der Waals surface area contributed by atoms with E-state index in [4.69, 9.17) is 0 Å². The molecule has 0 nitrogen and oxygen atoms in total. The molecule has 0 aliphatic heterocycles. The standard InChI is InChI=1S/C5H8F/c1-5(2)3-4-6/h3-4H,1-2H3. The summed E-state index contributed by atoms with van der Waals surface area (Å²) < 4.78 is 11.0.